The lowest BCUT2D eigenvalue weighted by molar-refractivity contribution is 0.0946. The number of fused-ring (bicyclic) bond motifs is 1. The van der Waals surface area contributed by atoms with E-state index in [9.17, 15) is 4.79 Å². The first-order valence-electron chi connectivity index (χ1n) is 8.13. The van der Waals surface area contributed by atoms with Crippen molar-refractivity contribution in [3.05, 3.63) is 45.7 Å². The minimum absolute atomic E-state index is 0.156. The first-order chi connectivity index (χ1) is 11.7. The maximum Gasteiger partial charge on any atom is 0.269 e. The van der Waals surface area contributed by atoms with Crippen LogP contribution in [0.4, 0.5) is 0 Å². The molecule has 3 aromatic heterocycles. The second kappa shape index (κ2) is 6.24. The number of hydrogen-bond acceptors (Lipinski definition) is 4. The van der Waals surface area contributed by atoms with Crippen LogP contribution in [0, 0.1) is 0 Å². The van der Waals surface area contributed by atoms with Crippen molar-refractivity contribution in [2.75, 3.05) is 0 Å². The van der Waals surface area contributed by atoms with Gasteiger partial charge in [0.05, 0.1) is 17.9 Å². The van der Waals surface area contributed by atoms with Gasteiger partial charge in [-0.1, -0.05) is 0 Å². The van der Waals surface area contributed by atoms with Crippen molar-refractivity contribution in [2.24, 2.45) is 7.05 Å². The van der Waals surface area contributed by atoms with E-state index in [2.05, 4.69) is 20.5 Å². The van der Waals surface area contributed by atoms with Crippen LogP contribution in [0.3, 0.4) is 0 Å². The Morgan fingerprint density at radius 2 is 2.29 bits per heavy atom. The molecule has 0 radical (unpaired) electrons. The number of aromatic amines is 1. The molecule has 0 saturated heterocycles. The average molecular weight is 341 g/mol. The van der Waals surface area contributed by atoms with E-state index in [-0.39, 0.29) is 5.91 Å². The molecule has 2 N–H and O–H groups in total. The number of nitrogens with zero attached hydrogens (tertiary/aromatic N) is 3. The van der Waals surface area contributed by atoms with Crippen LogP contribution < -0.4 is 5.32 Å². The lowest BCUT2D eigenvalue weighted by Gasteiger charge is -2.06. The van der Waals surface area contributed by atoms with Crippen molar-refractivity contribution in [3.63, 3.8) is 0 Å². The van der Waals surface area contributed by atoms with Gasteiger partial charge in [-0.3, -0.25) is 9.89 Å². The van der Waals surface area contributed by atoms with Gasteiger partial charge in [-0.2, -0.15) is 5.10 Å². The number of aryl methyl sites for hydroxylation is 3. The predicted octanol–water partition coefficient (Wildman–Crippen LogP) is 2.68. The number of carbonyl (C=O) groups excluding carboxylic acids is 1. The molecule has 1 aliphatic rings. The van der Waals surface area contributed by atoms with E-state index in [0.717, 1.165) is 29.2 Å². The van der Waals surface area contributed by atoms with E-state index in [1.807, 2.05) is 29.9 Å². The topological polar surface area (TPSA) is 75.6 Å². The molecule has 0 aliphatic heterocycles. The highest BCUT2D eigenvalue weighted by Crippen LogP contribution is 2.26. The third kappa shape index (κ3) is 2.87. The van der Waals surface area contributed by atoms with Gasteiger partial charge in [0.2, 0.25) is 0 Å². The van der Waals surface area contributed by atoms with Crippen molar-refractivity contribution in [3.8, 4) is 11.4 Å². The summed E-state index contributed by atoms with van der Waals surface area (Å²) in [6.45, 7) is 0.467. The van der Waals surface area contributed by atoms with E-state index in [4.69, 9.17) is 0 Å². The molecule has 3 aromatic rings. The summed E-state index contributed by atoms with van der Waals surface area (Å²) in [6, 6.07) is 5.70. The molecule has 0 spiro atoms. The van der Waals surface area contributed by atoms with E-state index in [0.29, 0.717) is 12.2 Å². The van der Waals surface area contributed by atoms with Crippen molar-refractivity contribution in [1.29, 1.82) is 0 Å². The Bertz CT molecular complexity index is 852. The summed E-state index contributed by atoms with van der Waals surface area (Å²) < 4.78 is 1.97. The number of H-pyrrole nitrogens is 1. The summed E-state index contributed by atoms with van der Waals surface area (Å²) in [5, 5.41) is 11.0. The van der Waals surface area contributed by atoms with E-state index in [1.54, 1.807) is 17.4 Å². The monoisotopic (exact) mass is 341 g/mol. The van der Waals surface area contributed by atoms with Crippen LogP contribution in [0.1, 0.15) is 38.9 Å². The predicted molar refractivity (Wildman–Crippen MR) is 92.9 cm³/mol. The number of rotatable bonds is 4. The highest BCUT2D eigenvalue weighted by Gasteiger charge is 2.16. The Morgan fingerprint density at radius 3 is 3.08 bits per heavy atom. The number of thiazole rings is 1. The van der Waals surface area contributed by atoms with Gasteiger partial charge < -0.3 is 9.88 Å². The van der Waals surface area contributed by atoms with Gasteiger partial charge in [-0.25, -0.2) is 4.98 Å². The summed E-state index contributed by atoms with van der Waals surface area (Å²) >= 11 is 1.72. The van der Waals surface area contributed by atoms with Crippen LogP contribution in [0.2, 0.25) is 0 Å². The van der Waals surface area contributed by atoms with Crippen LogP contribution in [0.5, 0.6) is 0 Å². The van der Waals surface area contributed by atoms with Crippen molar-refractivity contribution in [2.45, 2.75) is 32.2 Å². The molecular weight excluding hydrogens is 322 g/mol. The summed E-state index contributed by atoms with van der Waals surface area (Å²) in [5.74, 6) is -0.156. The molecule has 0 fully saturated rings. The van der Waals surface area contributed by atoms with E-state index < -0.39 is 0 Å². The summed E-state index contributed by atoms with van der Waals surface area (Å²) in [5.41, 5.74) is 3.42. The Hall–Kier alpha value is -2.41. The highest BCUT2D eigenvalue weighted by atomic mass is 32.1. The Kier molecular flexibility index (Phi) is 3.93. The zero-order valence-electron chi connectivity index (χ0n) is 13.5. The minimum Gasteiger partial charge on any atom is -0.349 e. The van der Waals surface area contributed by atoms with Crippen LogP contribution >= 0.6 is 11.3 Å². The fourth-order valence-corrected chi connectivity index (χ4v) is 4.13. The van der Waals surface area contributed by atoms with Gasteiger partial charge in [0.15, 0.2) is 0 Å². The Labute approximate surface area is 143 Å². The number of hydrogen-bond donors (Lipinski definition) is 2. The van der Waals surface area contributed by atoms with Crippen molar-refractivity contribution < 1.29 is 4.79 Å². The fraction of sp³-hybridized carbons (Fsp3) is 0.353. The highest BCUT2D eigenvalue weighted by molar-refractivity contribution is 7.11. The summed E-state index contributed by atoms with van der Waals surface area (Å²) in [7, 11) is 1.95. The van der Waals surface area contributed by atoms with E-state index >= 15 is 0 Å². The number of aromatic nitrogens is 4. The third-order valence-electron chi connectivity index (χ3n) is 4.32. The molecule has 0 aromatic carbocycles. The normalized spacial score (nSPS) is 13.7. The summed E-state index contributed by atoms with van der Waals surface area (Å²) in [6.07, 6.45) is 6.62. The van der Waals surface area contributed by atoms with Gasteiger partial charge in [0.25, 0.3) is 5.91 Å². The van der Waals surface area contributed by atoms with Crippen LogP contribution in [0.15, 0.2) is 24.4 Å². The van der Waals surface area contributed by atoms with Crippen molar-refractivity contribution >= 4 is 17.2 Å². The largest absolute Gasteiger partial charge is 0.349 e. The second-order valence-corrected chi connectivity index (χ2v) is 7.21. The molecule has 1 aliphatic carbocycles. The standard InChI is InChI=1S/C17H19N5OS/c1-22-8-4-6-14(22)12-9-13(21-20-12)17(23)18-10-16-19-11-5-2-3-7-15(11)24-16/h4,6,8-9H,2-3,5,7,10H2,1H3,(H,18,23)(H,20,21). The van der Waals surface area contributed by atoms with E-state index in [1.165, 1.54) is 23.4 Å². The molecule has 7 heteroatoms. The number of carbonyl (C=O) groups is 1. The second-order valence-electron chi connectivity index (χ2n) is 6.04. The minimum atomic E-state index is -0.156. The Balaban J connectivity index is 1.42. The maximum absolute atomic E-state index is 12.3. The average Bonchev–Trinajstić information content (AvgIpc) is 3.30. The molecule has 0 atom stereocenters. The van der Waals surface area contributed by atoms with Gasteiger partial charge in [-0.05, 0) is 43.9 Å². The van der Waals surface area contributed by atoms with Crippen LogP contribution in [-0.2, 0) is 26.4 Å². The molecule has 6 nitrogen and oxygen atoms in total. The molecule has 0 unspecified atom stereocenters. The van der Waals surface area contributed by atoms with Gasteiger partial charge in [0.1, 0.15) is 16.4 Å². The first-order valence-corrected chi connectivity index (χ1v) is 8.95. The SMILES string of the molecule is Cn1cccc1-c1cc(C(=O)NCc2nc3c(s2)CCCC3)[nH]n1. The molecule has 0 bridgehead atoms. The zero-order valence-corrected chi connectivity index (χ0v) is 14.3. The molecule has 1 amide bonds. The zero-order chi connectivity index (χ0) is 16.5. The number of nitrogens with one attached hydrogen (secondary N) is 2. The summed E-state index contributed by atoms with van der Waals surface area (Å²) in [4.78, 5) is 18.4. The molecule has 124 valence electrons. The smallest absolute Gasteiger partial charge is 0.269 e. The van der Waals surface area contributed by atoms with Crippen LogP contribution in [0.25, 0.3) is 11.4 Å². The first kappa shape index (κ1) is 15.1. The molecular formula is C17H19N5OS. The third-order valence-corrected chi connectivity index (χ3v) is 5.48. The maximum atomic E-state index is 12.3. The quantitative estimate of drug-likeness (QED) is 0.766. The van der Waals surface area contributed by atoms with Gasteiger partial charge in [0, 0.05) is 18.1 Å². The Morgan fingerprint density at radius 1 is 1.42 bits per heavy atom. The van der Waals surface area contributed by atoms with Crippen molar-refractivity contribution in [1.82, 2.24) is 25.1 Å². The molecule has 24 heavy (non-hydrogen) atoms. The van der Waals surface area contributed by atoms with Gasteiger partial charge in [-0.15, -0.1) is 11.3 Å². The van der Waals surface area contributed by atoms with Crippen LogP contribution in [-0.4, -0.2) is 25.7 Å². The number of amides is 1. The lowest BCUT2D eigenvalue weighted by atomic mass is 10.0. The molecule has 0 saturated carbocycles. The molecule has 4 rings (SSSR count). The fourth-order valence-electron chi connectivity index (χ4n) is 3.03. The molecule has 3 heterocycles. The van der Waals surface area contributed by atoms with Gasteiger partial charge >= 0.3 is 0 Å². The lowest BCUT2D eigenvalue weighted by Crippen LogP contribution is -2.23.